The van der Waals surface area contributed by atoms with Crippen LogP contribution in [0, 0.1) is 0 Å². The molecule has 1 aromatic rings. The topological polar surface area (TPSA) is 60.9 Å². The van der Waals surface area contributed by atoms with Gasteiger partial charge in [-0.05, 0) is 6.07 Å². The summed E-state index contributed by atoms with van der Waals surface area (Å²) in [4.78, 5) is 8.01. The largest absolute Gasteiger partial charge is 0.311 e. The molecule has 2 aliphatic rings. The fraction of sp³-hybridized carbons (Fsp3) is 0.500. The molecule has 0 atom stereocenters. The molecule has 2 saturated heterocycles. The minimum atomic E-state index is -2.65. The molecule has 8 heteroatoms. The molecule has 0 amide bonds. The average molecular weight is 260 g/mol. The maximum Gasteiger partial charge on any atom is 0.311 e. The molecule has 3 rings (SSSR count). The SMILES string of the molecule is O=P(Nc1nccc(Cl)n1)(N1CC1)N1CC1. The van der Waals surface area contributed by atoms with Gasteiger partial charge in [0, 0.05) is 32.4 Å². The average Bonchev–Trinajstić information content (AvgIpc) is 3.10. The second kappa shape index (κ2) is 3.67. The summed E-state index contributed by atoms with van der Waals surface area (Å²) in [5.41, 5.74) is 0. The predicted molar refractivity (Wildman–Crippen MR) is 61.4 cm³/mol. The highest BCUT2D eigenvalue weighted by atomic mass is 35.5. The molecule has 86 valence electrons. The van der Waals surface area contributed by atoms with Crippen molar-refractivity contribution in [1.82, 2.24) is 19.3 Å². The molecule has 1 N–H and O–H groups in total. The summed E-state index contributed by atoms with van der Waals surface area (Å²) in [6.07, 6.45) is 1.55. The van der Waals surface area contributed by atoms with Crippen molar-refractivity contribution in [2.24, 2.45) is 0 Å². The highest BCUT2D eigenvalue weighted by molar-refractivity contribution is 7.61. The number of hydrogen-bond acceptors (Lipinski definition) is 3. The number of nitrogens with one attached hydrogen (secondary N) is 1. The van der Waals surface area contributed by atoms with Crippen molar-refractivity contribution >= 4 is 25.1 Å². The normalized spacial score (nSPS) is 20.8. The van der Waals surface area contributed by atoms with E-state index in [0.29, 0.717) is 11.1 Å². The van der Waals surface area contributed by atoms with Crippen molar-refractivity contribution in [2.75, 3.05) is 31.3 Å². The first-order valence-corrected chi connectivity index (χ1v) is 7.05. The molecule has 1 aromatic heterocycles. The van der Waals surface area contributed by atoms with Gasteiger partial charge in [-0.15, -0.1) is 0 Å². The summed E-state index contributed by atoms with van der Waals surface area (Å²) in [6, 6.07) is 1.59. The van der Waals surface area contributed by atoms with Crippen LogP contribution in [-0.4, -0.2) is 45.5 Å². The van der Waals surface area contributed by atoms with E-state index in [4.69, 9.17) is 11.6 Å². The smallest absolute Gasteiger partial charge is 0.281 e. The van der Waals surface area contributed by atoms with Gasteiger partial charge in [0.05, 0.1) is 0 Å². The minimum absolute atomic E-state index is 0.328. The van der Waals surface area contributed by atoms with E-state index in [1.807, 2.05) is 9.34 Å². The van der Waals surface area contributed by atoms with E-state index in [-0.39, 0.29) is 0 Å². The Balaban J connectivity index is 1.84. The molecule has 2 aliphatic heterocycles. The fourth-order valence-electron chi connectivity index (χ4n) is 1.47. The van der Waals surface area contributed by atoms with E-state index in [0.717, 1.165) is 26.2 Å². The lowest BCUT2D eigenvalue weighted by Gasteiger charge is -2.20. The van der Waals surface area contributed by atoms with Crippen LogP contribution in [0.5, 0.6) is 0 Å². The van der Waals surface area contributed by atoms with Crippen molar-refractivity contribution < 1.29 is 4.57 Å². The molecule has 0 aromatic carbocycles. The van der Waals surface area contributed by atoms with Crippen molar-refractivity contribution in [3.05, 3.63) is 17.4 Å². The molecule has 0 bridgehead atoms. The molecule has 0 unspecified atom stereocenters. The van der Waals surface area contributed by atoms with Gasteiger partial charge < -0.3 is 0 Å². The predicted octanol–water partition coefficient (Wildman–Crippen LogP) is 1.28. The van der Waals surface area contributed by atoms with E-state index in [2.05, 4.69) is 15.1 Å². The van der Waals surface area contributed by atoms with Crippen LogP contribution < -0.4 is 5.09 Å². The van der Waals surface area contributed by atoms with E-state index in [9.17, 15) is 4.57 Å². The Morgan fingerprint density at radius 3 is 2.44 bits per heavy atom. The Morgan fingerprint density at radius 1 is 1.31 bits per heavy atom. The highest BCUT2D eigenvalue weighted by Crippen LogP contribution is 2.58. The number of halogens is 1. The van der Waals surface area contributed by atoms with Crippen molar-refractivity contribution in [3.8, 4) is 0 Å². The molecule has 0 spiro atoms. The van der Waals surface area contributed by atoms with Crippen LogP contribution in [0.2, 0.25) is 5.15 Å². The van der Waals surface area contributed by atoms with Crippen LogP contribution in [0.4, 0.5) is 5.95 Å². The Labute approximate surface area is 98.1 Å². The molecular weight excluding hydrogens is 249 g/mol. The van der Waals surface area contributed by atoms with E-state index in [1.54, 1.807) is 12.3 Å². The first-order chi connectivity index (χ1) is 7.68. The van der Waals surface area contributed by atoms with Crippen molar-refractivity contribution in [2.45, 2.75) is 0 Å². The summed E-state index contributed by atoms with van der Waals surface area (Å²) >= 11 is 5.76. The summed E-state index contributed by atoms with van der Waals surface area (Å²) < 4.78 is 16.5. The first kappa shape index (κ1) is 10.5. The van der Waals surface area contributed by atoms with Crippen LogP contribution in [-0.2, 0) is 4.57 Å². The van der Waals surface area contributed by atoms with Crippen LogP contribution >= 0.6 is 19.2 Å². The number of hydrogen-bond donors (Lipinski definition) is 1. The zero-order chi connectivity index (χ0) is 11.2. The lowest BCUT2D eigenvalue weighted by molar-refractivity contribution is 0.523. The highest BCUT2D eigenvalue weighted by Gasteiger charge is 2.48. The van der Waals surface area contributed by atoms with Gasteiger partial charge in [0.1, 0.15) is 5.15 Å². The maximum atomic E-state index is 12.6. The summed E-state index contributed by atoms with van der Waals surface area (Å²) in [6.45, 7) is 3.45. The van der Waals surface area contributed by atoms with Crippen molar-refractivity contribution in [1.29, 1.82) is 0 Å². The Bertz CT molecular complexity index is 445. The molecule has 2 fully saturated rings. The summed E-state index contributed by atoms with van der Waals surface area (Å²) in [7, 11) is -2.65. The van der Waals surface area contributed by atoms with E-state index < -0.39 is 7.59 Å². The van der Waals surface area contributed by atoms with E-state index in [1.165, 1.54) is 0 Å². The minimum Gasteiger partial charge on any atom is -0.281 e. The van der Waals surface area contributed by atoms with Gasteiger partial charge in [-0.3, -0.25) is 9.65 Å². The summed E-state index contributed by atoms with van der Waals surface area (Å²) in [5.74, 6) is 0.328. The molecule has 3 heterocycles. The molecule has 0 saturated carbocycles. The van der Waals surface area contributed by atoms with Gasteiger partial charge in [0.2, 0.25) is 5.95 Å². The van der Waals surface area contributed by atoms with Crippen LogP contribution in [0.15, 0.2) is 12.3 Å². The van der Waals surface area contributed by atoms with Gasteiger partial charge in [-0.25, -0.2) is 19.3 Å². The molecule has 0 radical (unpaired) electrons. The number of aromatic nitrogens is 2. The van der Waals surface area contributed by atoms with Gasteiger partial charge >= 0.3 is 7.59 Å². The van der Waals surface area contributed by atoms with Gasteiger partial charge in [-0.1, -0.05) is 11.6 Å². The number of nitrogens with zero attached hydrogens (tertiary/aromatic N) is 4. The first-order valence-electron chi connectivity index (χ1n) is 5.06. The van der Waals surface area contributed by atoms with Gasteiger partial charge in [0.15, 0.2) is 0 Å². The number of rotatable bonds is 4. The second-order valence-corrected chi connectivity index (χ2v) is 6.60. The molecule has 16 heavy (non-hydrogen) atoms. The quantitative estimate of drug-likeness (QED) is 0.499. The summed E-state index contributed by atoms with van der Waals surface area (Å²) in [5, 5.41) is 3.27. The third kappa shape index (κ3) is 1.94. The Kier molecular flexibility index (Phi) is 2.40. The monoisotopic (exact) mass is 259 g/mol. The molecular formula is C8H11ClN5OP. The van der Waals surface area contributed by atoms with Crippen LogP contribution in [0.3, 0.4) is 0 Å². The fourth-order valence-corrected chi connectivity index (χ4v) is 3.88. The third-order valence-electron chi connectivity index (χ3n) is 2.48. The second-order valence-electron chi connectivity index (χ2n) is 3.77. The van der Waals surface area contributed by atoms with Gasteiger partial charge in [-0.2, -0.15) is 0 Å². The Morgan fingerprint density at radius 2 is 1.94 bits per heavy atom. The van der Waals surface area contributed by atoms with E-state index >= 15 is 0 Å². The standard InChI is InChI=1S/C8H11ClN5OP/c9-7-1-2-10-8(11-7)12-16(15,13-3-4-13)14-5-6-14/h1-2H,3-6H2,(H,10,11,12,15). The lowest BCUT2D eigenvalue weighted by atomic mass is 10.7. The maximum absolute atomic E-state index is 12.6. The van der Waals surface area contributed by atoms with Crippen LogP contribution in [0.25, 0.3) is 0 Å². The van der Waals surface area contributed by atoms with Crippen molar-refractivity contribution in [3.63, 3.8) is 0 Å². The molecule has 0 aliphatic carbocycles. The molecule has 6 nitrogen and oxygen atoms in total. The lowest BCUT2D eigenvalue weighted by Crippen LogP contribution is -2.14. The van der Waals surface area contributed by atoms with Crippen LogP contribution in [0.1, 0.15) is 0 Å². The third-order valence-corrected chi connectivity index (χ3v) is 5.52. The van der Waals surface area contributed by atoms with Gasteiger partial charge in [0.25, 0.3) is 0 Å². The zero-order valence-corrected chi connectivity index (χ0v) is 10.2. The number of anilines is 1. The zero-order valence-electron chi connectivity index (χ0n) is 8.51. The Hall–Kier alpha value is -0.680.